The minimum atomic E-state index is -0.232. The van der Waals surface area contributed by atoms with Crippen LogP contribution in [0.15, 0.2) is 49.1 Å². The molecule has 4 N–H and O–H groups in total. The summed E-state index contributed by atoms with van der Waals surface area (Å²) >= 11 is 0. The van der Waals surface area contributed by atoms with Crippen molar-refractivity contribution in [3.05, 3.63) is 82.7 Å². The normalized spacial score (nSPS) is 16.3. The molecule has 0 bridgehead atoms. The van der Waals surface area contributed by atoms with Crippen LogP contribution in [-0.4, -0.2) is 40.7 Å². The SMILES string of the molecule is C1CNCCN1.Cc1ccc2c(c1)C(C(N)c1cncn1C)=Cc1cccnc1C2. The van der Waals surface area contributed by atoms with Crippen LogP contribution in [0.5, 0.6) is 0 Å². The second-order valence-corrected chi connectivity index (χ2v) is 7.88. The van der Waals surface area contributed by atoms with Gasteiger partial charge in [-0.15, -0.1) is 0 Å². The van der Waals surface area contributed by atoms with Gasteiger partial charge in [0, 0.05) is 45.8 Å². The number of piperazine rings is 1. The lowest BCUT2D eigenvalue weighted by atomic mass is 9.91. The molecule has 5 rings (SSSR count). The molecule has 2 aromatic heterocycles. The highest BCUT2D eigenvalue weighted by Crippen LogP contribution is 2.36. The van der Waals surface area contributed by atoms with E-state index in [9.17, 15) is 0 Å². The number of aromatic nitrogens is 3. The molecule has 1 aromatic carbocycles. The van der Waals surface area contributed by atoms with Crippen LogP contribution in [0.25, 0.3) is 11.6 Å². The minimum Gasteiger partial charge on any atom is -0.336 e. The van der Waals surface area contributed by atoms with E-state index in [0.717, 1.165) is 55.1 Å². The first-order valence-electron chi connectivity index (χ1n) is 10.5. The van der Waals surface area contributed by atoms with Crippen LogP contribution in [0.2, 0.25) is 0 Å². The third kappa shape index (κ3) is 4.51. The predicted molar refractivity (Wildman–Crippen MR) is 122 cm³/mol. The number of nitrogens with one attached hydrogen (secondary N) is 2. The Morgan fingerprint density at radius 3 is 2.53 bits per heavy atom. The van der Waals surface area contributed by atoms with Crippen molar-refractivity contribution in [2.45, 2.75) is 19.4 Å². The molecular weight excluding hydrogens is 372 g/mol. The lowest BCUT2D eigenvalue weighted by Crippen LogP contribution is -2.39. The Hall–Kier alpha value is -2.80. The Morgan fingerprint density at radius 1 is 1.10 bits per heavy atom. The van der Waals surface area contributed by atoms with Crippen LogP contribution in [0.4, 0.5) is 0 Å². The van der Waals surface area contributed by atoms with E-state index in [1.54, 1.807) is 6.33 Å². The molecule has 3 aromatic rings. The molecule has 156 valence electrons. The molecule has 3 heterocycles. The fourth-order valence-electron chi connectivity index (χ4n) is 3.96. The third-order valence-corrected chi connectivity index (χ3v) is 5.64. The van der Waals surface area contributed by atoms with Gasteiger partial charge in [-0.2, -0.15) is 0 Å². The van der Waals surface area contributed by atoms with Gasteiger partial charge in [-0.25, -0.2) is 4.98 Å². The molecule has 1 aliphatic carbocycles. The predicted octanol–water partition coefficient (Wildman–Crippen LogP) is 2.45. The van der Waals surface area contributed by atoms with Crippen LogP contribution in [-0.2, 0) is 13.5 Å². The Kier molecular flexibility index (Phi) is 6.38. The van der Waals surface area contributed by atoms with E-state index in [-0.39, 0.29) is 6.04 Å². The van der Waals surface area contributed by atoms with Gasteiger partial charge >= 0.3 is 0 Å². The lowest BCUT2D eigenvalue weighted by molar-refractivity contribution is 0.534. The molecule has 1 atom stereocenters. The quantitative estimate of drug-likeness (QED) is 0.614. The van der Waals surface area contributed by atoms with E-state index >= 15 is 0 Å². The summed E-state index contributed by atoms with van der Waals surface area (Å²) in [7, 11) is 1.98. The van der Waals surface area contributed by atoms with Crippen molar-refractivity contribution >= 4 is 11.6 Å². The minimum absolute atomic E-state index is 0.232. The smallest absolute Gasteiger partial charge is 0.0946 e. The number of imidazole rings is 1. The zero-order valence-corrected chi connectivity index (χ0v) is 17.7. The van der Waals surface area contributed by atoms with Crippen molar-refractivity contribution in [2.24, 2.45) is 12.8 Å². The lowest BCUT2D eigenvalue weighted by Gasteiger charge is -2.19. The number of pyridine rings is 1. The number of rotatable bonds is 2. The van der Waals surface area contributed by atoms with Crippen molar-refractivity contribution in [3.8, 4) is 0 Å². The van der Waals surface area contributed by atoms with Crippen molar-refractivity contribution in [2.75, 3.05) is 26.2 Å². The van der Waals surface area contributed by atoms with Gasteiger partial charge in [-0.1, -0.05) is 29.8 Å². The van der Waals surface area contributed by atoms with Gasteiger partial charge in [-0.05, 0) is 41.3 Å². The summed E-state index contributed by atoms with van der Waals surface area (Å²) in [5, 5.41) is 6.44. The molecule has 1 saturated heterocycles. The second kappa shape index (κ2) is 9.34. The molecule has 1 aliphatic heterocycles. The van der Waals surface area contributed by atoms with E-state index in [2.05, 4.69) is 57.9 Å². The highest BCUT2D eigenvalue weighted by molar-refractivity contribution is 5.88. The van der Waals surface area contributed by atoms with Gasteiger partial charge < -0.3 is 20.9 Å². The van der Waals surface area contributed by atoms with E-state index in [4.69, 9.17) is 5.73 Å². The van der Waals surface area contributed by atoms with Crippen molar-refractivity contribution < 1.29 is 0 Å². The summed E-state index contributed by atoms with van der Waals surface area (Å²) in [6.07, 6.45) is 8.50. The zero-order valence-electron chi connectivity index (χ0n) is 17.7. The van der Waals surface area contributed by atoms with Crippen LogP contribution >= 0.6 is 0 Å². The van der Waals surface area contributed by atoms with E-state index < -0.39 is 0 Å². The number of hydrogen-bond acceptors (Lipinski definition) is 5. The number of hydrogen-bond donors (Lipinski definition) is 3. The number of benzene rings is 1. The van der Waals surface area contributed by atoms with Crippen molar-refractivity contribution in [1.29, 1.82) is 0 Å². The molecule has 1 fully saturated rings. The van der Waals surface area contributed by atoms with Crippen molar-refractivity contribution in [3.63, 3.8) is 0 Å². The highest BCUT2D eigenvalue weighted by Gasteiger charge is 2.23. The topological polar surface area (TPSA) is 80.8 Å². The number of aryl methyl sites for hydroxylation is 2. The maximum Gasteiger partial charge on any atom is 0.0946 e. The van der Waals surface area contributed by atoms with Crippen LogP contribution < -0.4 is 16.4 Å². The fourth-order valence-corrected chi connectivity index (χ4v) is 3.96. The maximum atomic E-state index is 6.66. The Morgan fingerprint density at radius 2 is 1.87 bits per heavy atom. The van der Waals surface area contributed by atoms with E-state index in [1.807, 2.05) is 30.1 Å². The average molecular weight is 403 g/mol. The summed E-state index contributed by atoms with van der Waals surface area (Å²) in [5.41, 5.74) is 14.7. The van der Waals surface area contributed by atoms with Crippen LogP contribution in [0.3, 0.4) is 0 Å². The van der Waals surface area contributed by atoms with E-state index in [0.29, 0.717) is 0 Å². The van der Waals surface area contributed by atoms with Gasteiger partial charge in [0.1, 0.15) is 0 Å². The van der Waals surface area contributed by atoms with Gasteiger partial charge in [0.15, 0.2) is 0 Å². The summed E-state index contributed by atoms with van der Waals surface area (Å²) < 4.78 is 1.98. The first-order chi connectivity index (χ1) is 14.6. The van der Waals surface area contributed by atoms with Crippen LogP contribution in [0.1, 0.15) is 39.7 Å². The number of nitrogens with two attached hydrogens (primary N) is 1. The van der Waals surface area contributed by atoms with Gasteiger partial charge in [0.05, 0.1) is 30.0 Å². The Labute approximate surface area is 178 Å². The molecule has 2 aliphatic rings. The fraction of sp³-hybridized carbons (Fsp3) is 0.333. The summed E-state index contributed by atoms with van der Waals surface area (Å²) in [4.78, 5) is 8.79. The molecule has 0 saturated carbocycles. The molecule has 0 spiro atoms. The largest absolute Gasteiger partial charge is 0.336 e. The van der Waals surface area contributed by atoms with E-state index in [1.165, 1.54) is 16.7 Å². The zero-order chi connectivity index (χ0) is 20.9. The highest BCUT2D eigenvalue weighted by atomic mass is 15.0. The number of nitrogens with zero attached hydrogens (tertiary/aromatic N) is 3. The second-order valence-electron chi connectivity index (χ2n) is 7.88. The summed E-state index contributed by atoms with van der Waals surface area (Å²) in [6, 6.07) is 10.4. The molecular formula is C24H30N6. The average Bonchev–Trinajstić information content (AvgIpc) is 3.14. The monoisotopic (exact) mass is 402 g/mol. The third-order valence-electron chi connectivity index (χ3n) is 5.64. The Balaban J connectivity index is 0.000000313. The van der Waals surface area contributed by atoms with Crippen LogP contribution in [0, 0.1) is 6.92 Å². The molecule has 6 nitrogen and oxygen atoms in total. The molecule has 6 heteroatoms. The first kappa shape index (κ1) is 20.5. The number of fused-ring (bicyclic) bond motifs is 2. The van der Waals surface area contributed by atoms with Gasteiger partial charge in [0.2, 0.25) is 0 Å². The first-order valence-corrected chi connectivity index (χ1v) is 10.5. The van der Waals surface area contributed by atoms with Crippen molar-refractivity contribution in [1.82, 2.24) is 25.2 Å². The maximum absolute atomic E-state index is 6.66. The molecule has 0 amide bonds. The van der Waals surface area contributed by atoms with Gasteiger partial charge in [0.25, 0.3) is 0 Å². The standard InChI is InChI=1S/C20H20N4.C4H10N2/c1-13-5-6-14-10-18-15(4-3-7-23-18)9-17(16(14)8-13)20(21)19-11-22-12-24(19)2;1-2-6-4-3-5-1/h3-9,11-12,20H,10,21H2,1-2H3;5-6H,1-4H2. The van der Waals surface area contributed by atoms with Gasteiger partial charge in [-0.3, -0.25) is 4.98 Å². The Bertz CT molecular complexity index is 1020. The summed E-state index contributed by atoms with van der Waals surface area (Å²) in [5.74, 6) is 0. The molecule has 0 radical (unpaired) electrons. The molecule has 1 unspecified atom stereocenters. The summed E-state index contributed by atoms with van der Waals surface area (Å²) in [6.45, 7) is 6.67. The molecule has 30 heavy (non-hydrogen) atoms.